The Kier molecular flexibility index (Phi) is 15.4. The molecular weight excluding hydrogens is 246 g/mol. The van der Waals surface area contributed by atoms with E-state index < -0.39 is 0 Å². The van der Waals surface area contributed by atoms with Crippen molar-refractivity contribution in [3.05, 3.63) is 0 Å². The number of carbonyl (C=O) groups excluding carboxylic acids is 3. The van der Waals surface area contributed by atoms with E-state index in [-0.39, 0.29) is 11.7 Å². The largest absolute Gasteiger partial charge is 0.471 e. The van der Waals surface area contributed by atoms with Crippen molar-refractivity contribution in [3.8, 4) is 0 Å². The molecule has 1 amide bonds. The number of ketones is 1. The molecule has 0 bridgehead atoms. The zero-order valence-electron chi connectivity index (χ0n) is 12.6. The lowest BCUT2D eigenvalue weighted by Crippen LogP contribution is -2.27. The van der Waals surface area contributed by atoms with Gasteiger partial charge in [-0.3, -0.25) is 9.59 Å². The van der Waals surface area contributed by atoms with E-state index in [4.69, 9.17) is 4.79 Å². The van der Waals surface area contributed by atoms with Crippen LogP contribution in [0.4, 0.5) is 0 Å². The van der Waals surface area contributed by atoms with Gasteiger partial charge in [0.05, 0.1) is 7.11 Å². The van der Waals surface area contributed by atoms with Crippen molar-refractivity contribution >= 4 is 18.2 Å². The molecule has 1 aliphatic rings. The summed E-state index contributed by atoms with van der Waals surface area (Å²) in [7, 11) is 1.31. The molecule has 5 nitrogen and oxygen atoms in total. The van der Waals surface area contributed by atoms with Gasteiger partial charge in [0.2, 0.25) is 5.91 Å². The predicted molar refractivity (Wildman–Crippen MR) is 74.8 cm³/mol. The number of nitrogens with zero attached hydrogens (tertiary/aromatic N) is 1. The molecule has 5 heteroatoms. The molecule has 0 atom stereocenters. The number of hydrogen-bond donors (Lipinski definition) is 0. The molecule has 0 radical (unpaired) electrons. The van der Waals surface area contributed by atoms with Crippen LogP contribution in [-0.2, 0) is 19.1 Å². The molecule has 19 heavy (non-hydrogen) atoms. The van der Waals surface area contributed by atoms with Gasteiger partial charge < -0.3 is 14.4 Å². The van der Waals surface area contributed by atoms with Crippen molar-refractivity contribution in [3.63, 3.8) is 0 Å². The van der Waals surface area contributed by atoms with Gasteiger partial charge in [-0.1, -0.05) is 13.8 Å². The Morgan fingerprint density at radius 2 is 1.63 bits per heavy atom. The minimum atomic E-state index is 0.175. The number of rotatable bonds is 5. The molecule has 0 unspecified atom stereocenters. The first kappa shape index (κ1) is 19.9. The second kappa shape index (κ2) is 14.7. The van der Waals surface area contributed by atoms with Gasteiger partial charge >= 0.3 is 0 Å². The molecule has 0 saturated carbocycles. The molecule has 0 N–H and O–H groups in total. The minimum absolute atomic E-state index is 0.175. The van der Waals surface area contributed by atoms with Crippen LogP contribution in [0.25, 0.3) is 0 Å². The van der Waals surface area contributed by atoms with E-state index in [0.717, 1.165) is 25.9 Å². The molecular formula is C14H27NO4. The third-order valence-corrected chi connectivity index (χ3v) is 2.47. The molecule has 1 fully saturated rings. The highest BCUT2D eigenvalue weighted by Crippen LogP contribution is 2.10. The normalized spacial score (nSPS) is 12.5. The van der Waals surface area contributed by atoms with E-state index in [1.165, 1.54) is 7.11 Å². The van der Waals surface area contributed by atoms with Crippen LogP contribution in [0.2, 0.25) is 0 Å². The summed E-state index contributed by atoms with van der Waals surface area (Å²) in [6.07, 6.45) is 4.07. The molecule has 0 aromatic carbocycles. The van der Waals surface area contributed by atoms with Gasteiger partial charge in [0, 0.05) is 25.9 Å². The Morgan fingerprint density at radius 3 is 2.00 bits per heavy atom. The number of likely N-dealkylation sites (tertiary alicyclic amines) is 1. The van der Waals surface area contributed by atoms with Crippen molar-refractivity contribution in [2.45, 2.75) is 52.9 Å². The lowest BCUT2D eigenvalue weighted by atomic mass is 10.2. The molecule has 112 valence electrons. The molecule has 0 aromatic heterocycles. The van der Waals surface area contributed by atoms with Crippen LogP contribution in [-0.4, -0.2) is 43.3 Å². The second-order valence-corrected chi connectivity index (χ2v) is 3.98. The highest BCUT2D eigenvalue weighted by molar-refractivity contribution is 5.78. The Bertz CT molecular complexity index is 248. The van der Waals surface area contributed by atoms with Gasteiger partial charge in [-0.05, 0) is 26.2 Å². The van der Waals surface area contributed by atoms with Crippen LogP contribution in [0.5, 0.6) is 0 Å². The van der Waals surface area contributed by atoms with E-state index in [0.29, 0.717) is 25.7 Å². The van der Waals surface area contributed by atoms with E-state index in [1.807, 2.05) is 18.7 Å². The van der Waals surface area contributed by atoms with Gasteiger partial charge in [-0.15, -0.1) is 0 Å². The fourth-order valence-corrected chi connectivity index (χ4v) is 1.61. The number of hydrogen-bond acceptors (Lipinski definition) is 4. The number of ether oxygens (including phenoxy) is 1. The van der Waals surface area contributed by atoms with Gasteiger partial charge in [0.1, 0.15) is 5.78 Å². The van der Waals surface area contributed by atoms with Crippen molar-refractivity contribution in [2.75, 3.05) is 20.2 Å². The quantitative estimate of drug-likeness (QED) is 0.720. The SMILES string of the molecule is CC.CC(=O)CCCC(=O)N1CCCC1.COC=O. The van der Waals surface area contributed by atoms with E-state index >= 15 is 0 Å². The van der Waals surface area contributed by atoms with Gasteiger partial charge in [-0.25, -0.2) is 0 Å². The van der Waals surface area contributed by atoms with Crippen LogP contribution in [0.15, 0.2) is 0 Å². The molecule has 1 saturated heterocycles. The Morgan fingerprint density at radius 1 is 1.16 bits per heavy atom. The summed E-state index contributed by atoms with van der Waals surface area (Å²) in [6, 6.07) is 0. The number of amides is 1. The van der Waals surface area contributed by atoms with Crippen LogP contribution in [0, 0.1) is 0 Å². The fraction of sp³-hybridized carbons (Fsp3) is 0.786. The molecule has 0 aliphatic carbocycles. The summed E-state index contributed by atoms with van der Waals surface area (Å²) in [5, 5.41) is 0. The first-order valence-corrected chi connectivity index (χ1v) is 6.85. The monoisotopic (exact) mass is 273 g/mol. The third kappa shape index (κ3) is 12.9. The lowest BCUT2D eigenvalue weighted by molar-refractivity contribution is -0.130. The summed E-state index contributed by atoms with van der Waals surface area (Å²) in [6.45, 7) is 7.78. The predicted octanol–water partition coefficient (Wildman–Crippen LogP) is 2.18. The summed E-state index contributed by atoms with van der Waals surface area (Å²) >= 11 is 0. The topological polar surface area (TPSA) is 63.7 Å². The number of carbonyl (C=O) groups is 3. The standard InChI is InChI=1S/C10H17NO2.C2H4O2.C2H6/c1-9(12)5-4-6-10(13)11-7-2-3-8-11;1-4-2-3;1-2/h2-8H2,1H3;2H,1H3;1-2H3. The average Bonchev–Trinajstić information content (AvgIpc) is 2.95. The smallest absolute Gasteiger partial charge is 0.292 e. The van der Waals surface area contributed by atoms with Crippen LogP contribution < -0.4 is 0 Å². The van der Waals surface area contributed by atoms with Gasteiger partial charge in [0.25, 0.3) is 6.47 Å². The Balaban J connectivity index is 0. The van der Waals surface area contributed by atoms with E-state index in [2.05, 4.69) is 4.74 Å². The molecule has 1 heterocycles. The molecule has 0 spiro atoms. The summed E-state index contributed by atoms with van der Waals surface area (Å²) in [5.41, 5.74) is 0. The summed E-state index contributed by atoms with van der Waals surface area (Å²) in [5.74, 6) is 0.396. The summed E-state index contributed by atoms with van der Waals surface area (Å²) in [4.78, 5) is 32.9. The van der Waals surface area contributed by atoms with Gasteiger partial charge in [0.15, 0.2) is 0 Å². The maximum Gasteiger partial charge on any atom is 0.292 e. The number of methoxy groups -OCH3 is 1. The minimum Gasteiger partial charge on any atom is -0.471 e. The lowest BCUT2D eigenvalue weighted by Gasteiger charge is -2.14. The highest BCUT2D eigenvalue weighted by Gasteiger charge is 2.16. The zero-order valence-corrected chi connectivity index (χ0v) is 12.6. The Labute approximate surface area is 116 Å². The molecule has 0 aromatic rings. The molecule has 1 rings (SSSR count). The van der Waals surface area contributed by atoms with Crippen molar-refractivity contribution in [2.24, 2.45) is 0 Å². The van der Waals surface area contributed by atoms with E-state index in [1.54, 1.807) is 6.92 Å². The van der Waals surface area contributed by atoms with Crippen molar-refractivity contribution in [1.29, 1.82) is 0 Å². The van der Waals surface area contributed by atoms with E-state index in [9.17, 15) is 9.59 Å². The van der Waals surface area contributed by atoms with Crippen LogP contribution >= 0.6 is 0 Å². The maximum atomic E-state index is 11.4. The van der Waals surface area contributed by atoms with Gasteiger partial charge in [-0.2, -0.15) is 0 Å². The zero-order chi connectivity index (χ0) is 15.1. The van der Waals surface area contributed by atoms with Crippen molar-refractivity contribution < 1.29 is 19.1 Å². The maximum absolute atomic E-state index is 11.4. The number of Topliss-reactive ketones (excluding diaryl/α,β-unsaturated/α-hetero) is 1. The first-order valence-electron chi connectivity index (χ1n) is 6.85. The Hall–Kier alpha value is -1.39. The average molecular weight is 273 g/mol. The third-order valence-electron chi connectivity index (χ3n) is 2.47. The highest BCUT2D eigenvalue weighted by atomic mass is 16.5. The first-order chi connectivity index (χ1) is 9.11. The van der Waals surface area contributed by atoms with Crippen molar-refractivity contribution in [1.82, 2.24) is 4.90 Å². The van der Waals surface area contributed by atoms with Crippen LogP contribution in [0.1, 0.15) is 52.9 Å². The van der Waals surface area contributed by atoms with Crippen LogP contribution in [0.3, 0.4) is 0 Å². The molecule has 1 aliphatic heterocycles. The second-order valence-electron chi connectivity index (χ2n) is 3.98. The fourth-order valence-electron chi connectivity index (χ4n) is 1.61. The summed E-state index contributed by atoms with van der Waals surface area (Å²) < 4.78 is 3.86.